The fourth-order valence-corrected chi connectivity index (χ4v) is 13.9. The number of hydrogen-bond acceptors (Lipinski definition) is 30. The van der Waals surface area contributed by atoms with Gasteiger partial charge in [0.15, 0.2) is 0 Å². The summed E-state index contributed by atoms with van der Waals surface area (Å²) in [5.41, 5.74) is 13.2. The minimum atomic E-state index is -0.931. The van der Waals surface area contributed by atoms with Crippen molar-refractivity contribution >= 4 is 86.2 Å². The summed E-state index contributed by atoms with van der Waals surface area (Å²) in [5, 5.41) is 52.7. The van der Waals surface area contributed by atoms with Gasteiger partial charge in [0.05, 0.1) is 128 Å². The molecule has 0 fully saturated rings. The van der Waals surface area contributed by atoms with E-state index < -0.39 is 17.9 Å². The summed E-state index contributed by atoms with van der Waals surface area (Å²) in [5.74, 6) is 3.65. The van der Waals surface area contributed by atoms with E-state index >= 15 is 14.4 Å². The predicted molar refractivity (Wildman–Crippen MR) is 541 cm³/mol. The zero-order valence-corrected chi connectivity index (χ0v) is 79.2. The zero-order chi connectivity index (χ0) is 99.4. The molecular formula is C114H96N12O18. The molecule has 0 heterocycles. The molecule has 16 aromatic rings. The Bertz CT molecular complexity index is 6130. The molecule has 0 unspecified atom stereocenters. The van der Waals surface area contributed by atoms with Gasteiger partial charge in [0.1, 0.15) is 128 Å². The zero-order valence-electron chi connectivity index (χ0n) is 79.2. The normalized spacial score (nSPS) is 11.3. The number of carbonyl (C=O) groups is 3. The van der Waals surface area contributed by atoms with E-state index in [1.165, 1.54) is 18.2 Å². The van der Waals surface area contributed by atoms with Crippen LogP contribution in [0.3, 0.4) is 0 Å². The highest BCUT2D eigenvalue weighted by Crippen LogP contribution is 2.36. The summed E-state index contributed by atoms with van der Waals surface area (Å²) in [7, 11) is 9.59. The minimum Gasteiger partial charge on any atom is -0.497 e. The largest absolute Gasteiger partial charge is 0.497 e. The lowest BCUT2D eigenvalue weighted by atomic mass is 10.1. The van der Waals surface area contributed by atoms with Gasteiger partial charge >= 0.3 is 17.9 Å². The van der Waals surface area contributed by atoms with Gasteiger partial charge in [-0.2, -0.15) is 61.4 Å². The molecule has 0 spiro atoms. The topological polar surface area (TPSA) is 338 Å². The first kappa shape index (κ1) is 98.2. The predicted octanol–water partition coefficient (Wildman–Crippen LogP) is 29.8. The van der Waals surface area contributed by atoms with Gasteiger partial charge in [0, 0.05) is 18.2 Å². The fourth-order valence-electron chi connectivity index (χ4n) is 13.9. The number of rotatable bonds is 45. The van der Waals surface area contributed by atoms with Gasteiger partial charge in [0.25, 0.3) is 0 Å². The Morgan fingerprint density at radius 1 is 0.153 bits per heavy atom. The number of carbonyl (C=O) groups excluding carboxylic acids is 3. The Morgan fingerprint density at radius 2 is 0.285 bits per heavy atom. The Balaban J connectivity index is 0.671. The number of hydrogen-bond donors (Lipinski definition) is 0. The van der Waals surface area contributed by atoms with Gasteiger partial charge < -0.3 is 71.1 Å². The summed E-state index contributed by atoms with van der Waals surface area (Å²) in [6.45, 7) is -0.395. The molecule has 0 saturated heterocycles. The van der Waals surface area contributed by atoms with Gasteiger partial charge in [-0.05, 0) is 323 Å². The van der Waals surface area contributed by atoms with Gasteiger partial charge in [-0.15, -0.1) is 0 Å². The standard InChI is InChI=1S/C114H96N12O18/c1-130-100-43-31-94(32-44-100)121-115-88-19-7-76(8-20-88)67-136-106-55-82(56-107(64-106)137-68-77-9-21-89(22-10-77)116-122-95-33-45-101(131-2)46-34-95)73-142-112(127)85-61-86(113(128)143-74-83-57-108(138-69-78-11-23-90(24-12-78)117-123-96-35-47-102(132-3)48-36-96)65-109(58-83)139-70-79-13-25-91(26-14-79)118-124-97-37-49-103(133-4)50-38-97)63-87(62-85)114(129)144-75-84-59-110(140-71-80-15-27-92(28-16-80)119-125-98-39-51-104(134-5)52-40-98)66-111(60-84)141-72-81-17-29-93(30-18-81)120-126-99-41-53-105(135-6)54-42-99/h7-66H,67-75H2,1-6H3. The van der Waals surface area contributed by atoms with Crippen LogP contribution in [-0.2, 0) is 73.7 Å². The Morgan fingerprint density at radius 3 is 0.417 bits per heavy atom. The number of nitrogens with zero attached hydrogens (tertiary/aromatic N) is 12. The molecule has 16 aromatic carbocycles. The molecule has 720 valence electrons. The maximum atomic E-state index is 15.0. The summed E-state index contributed by atoms with van der Waals surface area (Å²) < 4.78 is 89.1. The van der Waals surface area contributed by atoms with Crippen LogP contribution >= 0.6 is 0 Å². The van der Waals surface area contributed by atoms with E-state index in [0.717, 1.165) is 33.4 Å². The molecule has 0 aliphatic carbocycles. The van der Waals surface area contributed by atoms with Crippen molar-refractivity contribution in [2.75, 3.05) is 42.7 Å². The van der Waals surface area contributed by atoms with E-state index in [2.05, 4.69) is 61.4 Å². The Hall–Kier alpha value is -18.9. The molecule has 0 aliphatic heterocycles. The van der Waals surface area contributed by atoms with Crippen LogP contribution in [0.5, 0.6) is 69.0 Å². The molecule has 0 amide bonds. The highest BCUT2D eigenvalue weighted by Gasteiger charge is 2.22. The molecular weight excluding hydrogens is 1830 g/mol. The molecule has 30 heteroatoms. The third kappa shape index (κ3) is 29.8. The summed E-state index contributed by atoms with van der Waals surface area (Å²) in [6.07, 6.45) is 0. The summed E-state index contributed by atoms with van der Waals surface area (Å²) in [4.78, 5) is 45.1. The molecule has 0 aromatic heterocycles. The van der Waals surface area contributed by atoms with E-state index in [4.69, 9.17) is 71.1 Å². The second-order valence-corrected chi connectivity index (χ2v) is 32.1. The van der Waals surface area contributed by atoms with Gasteiger partial charge in [0.2, 0.25) is 0 Å². The lowest BCUT2D eigenvalue weighted by molar-refractivity contribution is 0.0466. The smallest absolute Gasteiger partial charge is 0.338 e. The van der Waals surface area contributed by atoms with Gasteiger partial charge in [-0.3, -0.25) is 0 Å². The van der Waals surface area contributed by atoms with E-state index in [1.807, 2.05) is 291 Å². The second-order valence-electron chi connectivity index (χ2n) is 32.1. The molecule has 144 heavy (non-hydrogen) atoms. The second kappa shape index (κ2) is 49.9. The van der Waals surface area contributed by atoms with E-state index in [1.54, 1.807) is 97.3 Å². The molecule has 0 radical (unpaired) electrons. The van der Waals surface area contributed by atoms with Gasteiger partial charge in [-0.25, -0.2) is 14.4 Å². The number of methoxy groups -OCH3 is 6. The van der Waals surface area contributed by atoms with Crippen LogP contribution in [0.1, 0.15) is 81.1 Å². The minimum absolute atomic E-state index is 0.112. The van der Waals surface area contributed by atoms with Crippen molar-refractivity contribution in [3.8, 4) is 69.0 Å². The van der Waals surface area contributed by atoms with Crippen molar-refractivity contribution in [3.63, 3.8) is 0 Å². The molecule has 16 rings (SSSR count). The lowest BCUT2D eigenvalue weighted by Gasteiger charge is -2.15. The van der Waals surface area contributed by atoms with E-state index in [9.17, 15) is 0 Å². The van der Waals surface area contributed by atoms with Crippen LogP contribution in [0, 0.1) is 0 Å². The third-order valence-corrected chi connectivity index (χ3v) is 21.7. The number of ether oxygens (including phenoxy) is 15. The quantitative estimate of drug-likeness (QED) is 0.0194. The molecule has 0 N–H and O–H groups in total. The van der Waals surface area contributed by atoms with Crippen molar-refractivity contribution in [2.45, 2.75) is 59.5 Å². The van der Waals surface area contributed by atoms with Crippen LogP contribution in [0.25, 0.3) is 0 Å². The molecule has 0 aliphatic rings. The highest BCUT2D eigenvalue weighted by atomic mass is 16.5. The first-order valence-corrected chi connectivity index (χ1v) is 45.3. The first-order valence-electron chi connectivity index (χ1n) is 45.3. The van der Waals surface area contributed by atoms with Crippen molar-refractivity contribution < 1.29 is 85.4 Å². The van der Waals surface area contributed by atoms with Crippen molar-refractivity contribution in [3.05, 3.63) is 431 Å². The van der Waals surface area contributed by atoms with Crippen molar-refractivity contribution in [1.82, 2.24) is 0 Å². The first-order chi connectivity index (χ1) is 70.6. The Kier molecular flexibility index (Phi) is 34.0. The average Bonchev–Trinajstić information content (AvgIpc) is 0.852. The molecule has 0 saturated carbocycles. The number of esters is 3. The molecule has 30 nitrogen and oxygen atoms in total. The van der Waals surface area contributed by atoms with Crippen LogP contribution in [0.2, 0.25) is 0 Å². The van der Waals surface area contributed by atoms with Crippen molar-refractivity contribution in [2.24, 2.45) is 61.4 Å². The third-order valence-electron chi connectivity index (χ3n) is 21.7. The molecule has 0 atom stereocenters. The van der Waals surface area contributed by atoms with E-state index in [-0.39, 0.29) is 76.2 Å². The van der Waals surface area contributed by atoms with Crippen LogP contribution < -0.4 is 56.8 Å². The SMILES string of the molecule is COc1ccc(N=Nc2ccc(COc3cc(COC(=O)c4cc(C(=O)OCc5cc(OCc6ccc(N=Nc7ccc(OC)cc7)cc6)cc(OCc6ccc(N=Nc7ccc(OC)cc7)cc6)c5)cc(C(=O)OCc5cc(OCc6ccc(N=Nc7ccc(OC)cc7)cc6)cc(OCc6ccc(N=Nc7ccc(OC)cc7)cc6)c5)c4)cc(OCc4ccc(N=Nc5ccc(OC)cc5)cc4)c3)cc2)cc1. The number of benzene rings is 16. The maximum Gasteiger partial charge on any atom is 0.338 e. The highest BCUT2D eigenvalue weighted by molar-refractivity contribution is 6.00. The van der Waals surface area contributed by atoms with Gasteiger partial charge in [-0.1, -0.05) is 72.8 Å². The molecule has 0 bridgehead atoms. The lowest BCUT2D eigenvalue weighted by Crippen LogP contribution is -2.14. The summed E-state index contributed by atoms with van der Waals surface area (Å²) in [6, 6.07) is 107. The van der Waals surface area contributed by atoms with Crippen LogP contribution in [0.15, 0.2) is 425 Å². The van der Waals surface area contributed by atoms with Crippen molar-refractivity contribution in [1.29, 1.82) is 0 Å². The number of azo groups is 6. The maximum absolute atomic E-state index is 15.0. The van der Waals surface area contributed by atoms with Crippen LogP contribution in [-0.4, -0.2) is 60.6 Å². The summed E-state index contributed by atoms with van der Waals surface area (Å²) >= 11 is 0. The van der Waals surface area contributed by atoms with E-state index in [0.29, 0.717) is 154 Å². The average molecular weight is 1920 g/mol. The van der Waals surface area contributed by atoms with Crippen LogP contribution in [0.4, 0.5) is 68.2 Å². The monoisotopic (exact) mass is 1920 g/mol. The Labute approximate surface area is 830 Å². The fraction of sp³-hybridized carbons (Fsp3) is 0.132.